The molecule has 2 aromatic heterocycles. The highest BCUT2D eigenvalue weighted by atomic mass is 16.2. The summed E-state index contributed by atoms with van der Waals surface area (Å²) in [6.07, 6.45) is 8.91. The summed E-state index contributed by atoms with van der Waals surface area (Å²) in [4.78, 5) is 19.6. The maximum Gasteiger partial charge on any atom is 0.227 e. The first-order chi connectivity index (χ1) is 11.1. The molecule has 23 heavy (non-hydrogen) atoms. The number of hydrogen-bond acceptors (Lipinski definition) is 3. The molecular formula is C18H22N4O. The third kappa shape index (κ3) is 2.76. The Balaban J connectivity index is 1.51. The normalized spacial score (nSPS) is 24.3. The lowest BCUT2D eigenvalue weighted by atomic mass is 10.1. The molecule has 0 aliphatic heterocycles. The molecule has 1 amide bonds. The fourth-order valence-corrected chi connectivity index (χ4v) is 3.46. The second-order valence-corrected chi connectivity index (χ2v) is 6.80. The van der Waals surface area contributed by atoms with Gasteiger partial charge in [-0.15, -0.1) is 0 Å². The van der Waals surface area contributed by atoms with Crippen LogP contribution in [0.15, 0.2) is 36.8 Å². The van der Waals surface area contributed by atoms with Crippen LogP contribution in [-0.4, -0.2) is 31.6 Å². The average molecular weight is 310 g/mol. The number of nitrogens with zero attached hydrogens (tertiary/aromatic N) is 4. The Kier molecular flexibility index (Phi) is 3.43. The topological polar surface area (TPSA) is 51.0 Å². The van der Waals surface area contributed by atoms with Crippen molar-refractivity contribution in [3.63, 3.8) is 0 Å². The van der Waals surface area contributed by atoms with E-state index in [1.54, 1.807) is 6.20 Å². The van der Waals surface area contributed by atoms with Gasteiger partial charge in [0, 0.05) is 31.4 Å². The molecule has 2 fully saturated rings. The number of hydrogen-bond donors (Lipinski definition) is 0. The Morgan fingerprint density at radius 3 is 2.83 bits per heavy atom. The van der Waals surface area contributed by atoms with Crippen LogP contribution in [0, 0.1) is 5.92 Å². The van der Waals surface area contributed by atoms with Crippen LogP contribution in [0.1, 0.15) is 49.4 Å². The predicted molar refractivity (Wildman–Crippen MR) is 86.6 cm³/mol. The van der Waals surface area contributed by atoms with Crippen molar-refractivity contribution in [2.45, 2.75) is 44.2 Å². The number of aryl methyl sites for hydroxylation is 1. The minimum absolute atomic E-state index is 0.0475. The summed E-state index contributed by atoms with van der Waals surface area (Å²) in [5.74, 6) is 0.749. The molecule has 120 valence electrons. The van der Waals surface area contributed by atoms with Crippen LogP contribution in [0.5, 0.6) is 0 Å². The van der Waals surface area contributed by atoms with Crippen LogP contribution >= 0.6 is 0 Å². The van der Waals surface area contributed by atoms with Gasteiger partial charge in [-0.3, -0.25) is 14.5 Å². The largest absolute Gasteiger partial charge is 0.331 e. The van der Waals surface area contributed by atoms with E-state index in [0.717, 1.165) is 25.0 Å². The first kappa shape index (κ1) is 14.4. The van der Waals surface area contributed by atoms with Gasteiger partial charge in [0.05, 0.1) is 17.9 Å². The standard InChI is InChI=1S/C18H22N4O/c1-12(17-5-3-4-8-19-17)22(14-6-7-14)18(23)16-9-15(16)13-10-20-21(2)11-13/h3-5,8,10-12,14-16H,6-7,9H2,1-2H3/t12-,15+,16+/m1/s1. The van der Waals surface area contributed by atoms with E-state index in [1.165, 1.54) is 5.56 Å². The van der Waals surface area contributed by atoms with Crippen LogP contribution in [0.3, 0.4) is 0 Å². The fourth-order valence-electron chi connectivity index (χ4n) is 3.46. The van der Waals surface area contributed by atoms with E-state index in [1.807, 2.05) is 42.3 Å². The zero-order valence-corrected chi connectivity index (χ0v) is 13.6. The monoisotopic (exact) mass is 310 g/mol. The van der Waals surface area contributed by atoms with Crippen LogP contribution in [0.4, 0.5) is 0 Å². The van der Waals surface area contributed by atoms with E-state index in [-0.39, 0.29) is 12.0 Å². The molecular weight excluding hydrogens is 288 g/mol. The summed E-state index contributed by atoms with van der Waals surface area (Å²) < 4.78 is 1.81. The molecule has 2 aliphatic rings. The van der Waals surface area contributed by atoms with Crippen LogP contribution in [0.25, 0.3) is 0 Å². The minimum atomic E-state index is 0.0475. The molecule has 0 aromatic carbocycles. The second kappa shape index (κ2) is 5.48. The molecule has 2 aromatic rings. The van der Waals surface area contributed by atoms with E-state index in [4.69, 9.17) is 0 Å². The Hall–Kier alpha value is -2.17. The smallest absolute Gasteiger partial charge is 0.227 e. The van der Waals surface area contributed by atoms with Crippen molar-refractivity contribution in [2.24, 2.45) is 13.0 Å². The number of rotatable bonds is 5. The lowest BCUT2D eigenvalue weighted by Gasteiger charge is -2.29. The quantitative estimate of drug-likeness (QED) is 0.853. The molecule has 0 radical (unpaired) electrons. The van der Waals surface area contributed by atoms with E-state index in [0.29, 0.717) is 17.9 Å². The SMILES string of the molecule is C[C@H](c1ccccn1)N(C(=O)[C@H]1C[C@H]1c1cnn(C)c1)C1CC1. The zero-order valence-electron chi connectivity index (χ0n) is 13.6. The van der Waals surface area contributed by atoms with Gasteiger partial charge >= 0.3 is 0 Å². The highest BCUT2D eigenvalue weighted by Crippen LogP contribution is 2.50. The van der Waals surface area contributed by atoms with E-state index in [9.17, 15) is 4.79 Å². The Bertz CT molecular complexity index is 707. The van der Waals surface area contributed by atoms with E-state index < -0.39 is 0 Å². The van der Waals surface area contributed by atoms with Gasteiger partial charge in [-0.1, -0.05) is 6.07 Å². The number of carbonyl (C=O) groups is 1. The van der Waals surface area contributed by atoms with Crippen LogP contribution in [-0.2, 0) is 11.8 Å². The summed E-state index contributed by atoms with van der Waals surface area (Å²) in [5, 5.41) is 4.23. The number of aromatic nitrogens is 3. The van der Waals surface area contributed by atoms with Gasteiger partial charge in [0.2, 0.25) is 5.91 Å². The molecule has 3 atom stereocenters. The first-order valence-electron chi connectivity index (χ1n) is 8.37. The molecule has 0 bridgehead atoms. The van der Waals surface area contributed by atoms with Crippen molar-refractivity contribution in [3.05, 3.63) is 48.0 Å². The van der Waals surface area contributed by atoms with E-state index >= 15 is 0 Å². The number of carbonyl (C=O) groups excluding carboxylic acids is 1. The molecule has 0 N–H and O–H groups in total. The van der Waals surface area contributed by atoms with Crippen molar-refractivity contribution in [1.29, 1.82) is 0 Å². The van der Waals surface area contributed by atoms with Crippen molar-refractivity contribution in [1.82, 2.24) is 19.7 Å². The molecule has 0 unspecified atom stereocenters. The Morgan fingerprint density at radius 2 is 2.22 bits per heavy atom. The number of pyridine rings is 1. The van der Waals surface area contributed by atoms with Gasteiger partial charge in [-0.2, -0.15) is 5.10 Å². The zero-order chi connectivity index (χ0) is 16.0. The molecule has 4 rings (SSSR count). The molecule has 5 nitrogen and oxygen atoms in total. The van der Waals surface area contributed by atoms with Crippen molar-refractivity contribution < 1.29 is 4.79 Å². The summed E-state index contributed by atoms with van der Waals surface area (Å²) in [5.41, 5.74) is 2.17. The lowest BCUT2D eigenvalue weighted by molar-refractivity contribution is -0.135. The molecule has 5 heteroatoms. The fraction of sp³-hybridized carbons (Fsp3) is 0.500. The molecule has 2 heterocycles. The Morgan fingerprint density at radius 1 is 1.39 bits per heavy atom. The maximum atomic E-state index is 13.1. The Labute approximate surface area is 136 Å². The van der Waals surface area contributed by atoms with Gasteiger partial charge in [0.15, 0.2) is 0 Å². The summed E-state index contributed by atoms with van der Waals surface area (Å²) in [7, 11) is 1.92. The third-order valence-corrected chi connectivity index (χ3v) is 4.99. The van der Waals surface area contributed by atoms with Crippen LogP contribution in [0.2, 0.25) is 0 Å². The van der Waals surface area contributed by atoms with Crippen molar-refractivity contribution in [3.8, 4) is 0 Å². The van der Waals surface area contributed by atoms with Gasteiger partial charge < -0.3 is 4.90 Å². The predicted octanol–water partition coefficient (Wildman–Crippen LogP) is 2.67. The van der Waals surface area contributed by atoms with Crippen molar-refractivity contribution >= 4 is 5.91 Å². The molecule has 0 saturated heterocycles. The first-order valence-corrected chi connectivity index (χ1v) is 8.37. The van der Waals surface area contributed by atoms with Gasteiger partial charge in [0.25, 0.3) is 0 Å². The van der Waals surface area contributed by atoms with Crippen LogP contribution < -0.4 is 0 Å². The molecule has 0 spiro atoms. The number of amides is 1. The second-order valence-electron chi connectivity index (χ2n) is 6.80. The lowest BCUT2D eigenvalue weighted by Crippen LogP contribution is -2.37. The van der Waals surface area contributed by atoms with Gasteiger partial charge in [-0.25, -0.2) is 0 Å². The summed E-state index contributed by atoms with van der Waals surface area (Å²) >= 11 is 0. The highest BCUT2D eigenvalue weighted by molar-refractivity contribution is 5.84. The maximum absolute atomic E-state index is 13.1. The van der Waals surface area contributed by atoms with E-state index in [2.05, 4.69) is 21.9 Å². The van der Waals surface area contributed by atoms with Crippen molar-refractivity contribution in [2.75, 3.05) is 0 Å². The summed E-state index contributed by atoms with van der Waals surface area (Å²) in [6, 6.07) is 6.36. The molecule has 2 saturated carbocycles. The minimum Gasteiger partial charge on any atom is -0.331 e. The highest BCUT2D eigenvalue weighted by Gasteiger charge is 2.50. The molecule has 2 aliphatic carbocycles. The third-order valence-electron chi connectivity index (χ3n) is 4.99. The van der Waals surface area contributed by atoms with Gasteiger partial charge in [0.1, 0.15) is 0 Å². The summed E-state index contributed by atoms with van der Waals surface area (Å²) in [6.45, 7) is 2.10. The van der Waals surface area contributed by atoms with Gasteiger partial charge in [-0.05, 0) is 49.8 Å². The average Bonchev–Trinajstić information content (AvgIpc) is 3.48.